The molecule has 0 unspecified atom stereocenters. The van der Waals surface area contributed by atoms with Crippen molar-refractivity contribution < 1.29 is 4.79 Å². The highest BCUT2D eigenvalue weighted by molar-refractivity contribution is 7.16. The minimum atomic E-state index is -0.146. The lowest BCUT2D eigenvalue weighted by atomic mass is 10.2. The van der Waals surface area contributed by atoms with Crippen molar-refractivity contribution in [1.82, 2.24) is 13.7 Å². The Morgan fingerprint density at radius 3 is 3.00 bits per heavy atom. The molecule has 1 aliphatic rings. The number of carbonyl (C=O) groups is 1. The van der Waals surface area contributed by atoms with Crippen molar-refractivity contribution in [1.29, 1.82) is 0 Å². The third kappa shape index (κ3) is 1.99. The van der Waals surface area contributed by atoms with E-state index in [1.165, 1.54) is 11.3 Å². The number of aromatic nitrogens is 3. The number of hydrogen-bond donors (Lipinski definition) is 1. The predicted molar refractivity (Wildman–Crippen MR) is 79.5 cm³/mol. The molecule has 2 heterocycles. The molecule has 0 bridgehead atoms. The maximum Gasteiger partial charge on any atom is 0.257 e. The Balaban J connectivity index is 1.59. The van der Waals surface area contributed by atoms with Crippen LogP contribution in [-0.2, 0) is 12.8 Å². The quantitative estimate of drug-likeness (QED) is 0.790. The fourth-order valence-electron chi connectivity index (χ4n) is 2.34. The standard InChI is InChI=1S/C13H10N4OS2/c18-12(7-4-5-8-10(6-7)17-20-16-8)15-13-14-9-2-1-3-11(9)19-13/h4-6H,1-3H2,(H,14,15,18). The number of nitrogens with zero attached hydrogens (tertiary/aromatic N) is 3. The zero-order valence-electron chi connectivity index (χ0n) is 10.4. The van der Waals surface area contributed by atoms with Gasteiger partial charge in [-0.25, -0.2) is 4.98 Å². The van der Waals surface area contributed by atoms with E-state index < -0.39 is 0 Å². The van der Waals surface area contributed by atoms with Crippen molar-refractivity contribution in [2.24, 2.45) is 0 Å². The van der Waals surface area contributed by atoms with E-state index in [2.05, 4.69) is 19.0 Å². The normalized spacial score (nSPS) is 13.6. The lowest BCUT2D eigenvalue weighted by Gasteiger charge is -2.01. The first-order chi connectivity index (χ1) is 9.79. The van der Waals surface area contributed by atoms with E-state index >= 15 is 0 Å². The summed E-state index contributed by atoms with van der Waals surface area (Å²) >= 11 is 2.73. The molecule has 5 nitrogen and oxygen atoms in total. The molecule has 1 aliphatic carbocycles. The van der Waals surface area contributed by atoms with Crippen LogP contribution in [0.5, 0.6) is 0 Å². The zero-order chi connectivity index (χ0) is 13.5. The predicted octanol–water partition coefficient (Wildman–Crippen LogP) is 2.89. The van der Waals surface area contributed by atoms with Crippen LogP contribution in [0.1, 0.15) is 27.3 Å². The Bertz CT molecular complexity index is 786. The summed E-state index contributed by atoms with van der Waals surface area (Å²) in [5, 5.41) is 3.56. The molecule has 0 saturated heterocycles. The molecule has 0 spiro atoms. The molecular weight excluding hydrogens is 292 g/mol. The summed E-state index contributed by atoms with van der Waals surface area (Å²) in [5.74, 6) is -0.146. The number of rotatable bonds is 2. The third-order valence-corrected chi connectivity index (χ3v) is 4.96. The number of benzene rings is 1. The first-order valence-electron chi connectivity index (χ1n) is 6.32. The summed E-state index contributed by atoms with van der Waals surface area (Å²) in [6, 6.07) is 5.34. The highest BCUT2D eigenvalue weighted by Gasteiger charge is 2.18. The van der Waals surface area contributed by atoms with Gasteiger partial charge in [0.15, 0.2) is 5.13 Å². The van der Waals surface area contributed by atoms with Gasteiger partial charge in [-0.2, -0.15) is 8.75 Å². The molecule has 1 aromatic carbocycles. The summed E-state index contributed by atoms with van der Waals surface area (Å²) in [5.41, 5.74) is 3.30. The largest absolute Gasteiger partial charge is 0.298 e. The second kappa shape index (κ2) is 4.60. The monoisotopic (exact) mass is 302 g/mol. The van der Waals surface area contributed by atoms with E-state index in [9.17, 15) is 4.79 Å². The van der Waals surface area contributed by atoms with Crippen molar-refractivity contribution >= 4 is 45.1 Å². The van der Waals surface area contributed by atoms with Gasteiger partial charge < -0.3 is 0 Å². The molecule has 7 heteroatoms. The topological polar surface area (TPSA) is 67.8 Å². The number of carbonyl (C=O) groups excluding carboxylic acids is 1. The smallest absolute Gasteiger partial charge is 0.257 e. The summed E-state index contributed by atoms with van der Waals surface area (Å²) in [6.07, 6.45) is 3.29. The molecule has 2 aromatic heterocycles. The first-order valence-corrected chi connectivity index (χ1v) is 7.86. The maximum absolute atomic E-state index is 12.2. The average Bonchev–Trinajstić information content (AvgIpc) is 3.11. The molecule has 0 saturated carbocycles. The van der Waals surface area contributed by atoms with Crippen LogP contribution >= 0.6 is 23.1 Å². The SMILES string of the molecule is O=C(Nc1nc2c(s1)CCC2)c1ccc2nsnc2c1. The van der Waals surface area contributed by atoms with Gasteiger partial charge in [-0.3, -0.25) is 10.1 Å². The summed E-state index contributed by atoms with van der Waals surface area (Å²) in [7, 11) is 0. The van der Waals surface area contributed by atoms with Crippen LogP contribution in [0.3, 0.4) is 0 Å². The Morgan fingerprint density at radius 1 is 1.20 bits per heavy atom. The van der Waals surface area contributed by atoms with Gasteiger partial charge in [0, 0.05) is 10.4 Å². The van der Waals surface area contributed by atoms with E-state index in [1.807, 2.05) is 6.07 Å². The zero-order valence-corrected chi connectivity index (χ0v) is 12.1. The Labute approximate surface area is 123 Å². The van der Waals surface area contributed by atoms with E-state index in [1.54, 1.807) is 23.5 Å². The van der Waals surface area contributed by atoms with Crippen molar-refractivity contribution in [3.63, 3.8) is 0 Å². The van der Waals surface area contributed by atoms with Gasteiger partial charge in [0.25, 0.3) is 5.91 Å². The maximum atomic E-state index is 12.2. The van der Waals surface area contributed by atoms with Gasteiger partial charge in [-0.15, -0.1) is 11.3 Å². The van der Waals surface area contributed by atoms with E-state index in [0.717, 1.165) is 41.3 Å². The van der Waals surface area contributed by atoms with Crippen LogP contribution in [-0.4, -0.2) is 19.6 Å². The third-order valence-electron chi connectivity index (χ3n) is 3.33. The first kappa shape index (κ1) is 11.9. The molecule has 1 N–H and O–H groups in total. The number of nitrogens with one attached hydrogen (secondary N) is 1. The molecule has 1 amide bonds. The van der Waals surface area contributed by atoms with Crippen molar-refractivity contribution in [2.45, 2.75) is 19.3 Å². The van der Waals surface area contributed by atoms with Gasteiger partial charge in [0.2, 0.25) is 0 Å². The van der Waals surface area contributed by atoms with Crippen LogP contribution < -0.4 is 5.32 Å². The molecule has 0 atom stereocenters. The van der Waals surface area contributed by atoms with Crippen LogP contribution in [0, 0.1) is 0 Å². The number of amides is 1. The molecule has 3 aromatic rings. The Hall–Kier alpha value is -1.86. The highest BCUT2D eigenvalue weighted by atomic mass is 32.1. The minimum absolute atomic E-state index is 0.146. The van der Waals surface area contributed by atoms with E-state index in [4.69, 9.17) is 0 Å². The van der Waals surface area contributed by atoms with Crippen LogP contribution in [0.25, 0.3) is 11.0 Å². The van der Waals surface area contributed by atoms with Crippen molar-refractivity contribution in [2.75, 3.05) is 5.32 Å². The fourth-order valence-corrected chi connectivity index (χ4v) is 3.90. The number of hydrogen-bond acceptors (Lipinski definition) is 6. The molecule has 4 rings (SSSR count). The van der Waals surface area contributed by atoms with Gasteiger partial charge >= 0.3 is 0 Å². The van der Waals surface area contributed by atoms with E-state index in [-0.39, 0.29) is 5.91 Å². The fraction of sp³-hybridized carbons (Fsp3) is 0.231. The second-order valence-corrected chi connectivity index (χ2v) is 6.28. The van der Waals surface area contributed by atoms with Crippen molar-refractivity contribution in [3.8, 4) is 0 Å². The molecule has 0 aliphatic heterocycles. The number of anilines is 1. The van der Waals surface area contributed by atoms with Gasteiger partial charge in [-0.1, -0.05) is 0 Å². The van der Waals surface area contributed by atoms with Crippen LogP contribution in [0.4, 0.5) is 5.13 Å². The number of thiazole rings is 1. The molecule has 0 radical (unpaired) electrons. The Kier molecular flexibility index (Phi) is 2.75. The van der Waals surface area contributed by atoms with Crippen LogP contribution in [0.2, 0.25) is 0 Å². The summed E-state index contributed by atoms with van der Waals surface area (Å²) in [6.45, 7) is 0. The lowest BCUT2D eigenvalue weighted by Crippen LogP contribution is -2.11. The summed E-state index contributed by atoms with van der Waals surface area (Å²) < 4.78 is 8.27. The average molecular weight is 302 g/mol. The van der Waals surface area contributed by atoms with Gasteiger partial charge in [-0.05, 0) is 37.5 Å². The highest BCUT2D eigenvalue weighted by Crippen LogP contribution is 2.30. The molecule has 100 valence electrons. The second-order valence-electron chi connectivity index (χ2n) is 4.66. The minimum Gasteiger partial charge on any atom is -0.298 e. The summed E-state index contributed by atoms with van der Waals surface area (Å²) in [4.78, 5) is 18.0. The molecule has 0 fully saturated rings. The van der Waals surface area contributed by atoms with E-state index in [0.29, 0.717) is 10.7 Å². The van der Waals surface area contributed by atoms with Crippen LogP contribution in [0.15, 0.2) is 18.2 Å². The van der Waals surface area contributed by atoms with Gasteiger partial charge in [0.05, 0.1) is 17.4 Å². The Morgan fingerprint density at radius 2 is 2.10 bits per heavy atom. The molecular formula is C13H10N4OS2. The van der Waals surface area contributed by atoms with Gasteiger partial charge in [0.1, 0.15) is 11.0 Å². The lowest BCUT2D eigenvalue weighted by molar-refractivity contribution is 0.102. The number of aryl methyl sites for hydroxylation is 2. The van der Waals surface area contributed by atoms with Crippen molar-refractivity contribution in [3.05, 3.63) is 34.3 Å². The number of fused-ring (bicyclic) bond motifs is 2. The molecule has 20 heavy (non-hydrogen) atoms.